The average Bonchev–Trinajstić information content (AvgIpc) is 3.27. The number of hydrogen-bond acceptors (Lipinski definition) is 9. The summed E-state index contributed by atoms with van der Waals surface area (Å²) in [6.07, 6.45) is 2.09. The van der Waals surface area contributed by atoms with Gasteiger partial charge < -0.3 is 36.9 Å². The van der Waals surface area contributed by atoms with E-state index in [-0.39, 0.29) is 33.8 Å². The van der Waals surface area contributed by atoms with Crippen LogP contribution in [0.5, 0.6) is 5.75 Å². The molecule has 200 valence electrons. The monoisotopic (exact) mass is 532 g/mol. The van der Waals surface area contributed by atoms with Crippen LogP contribution in [0.15, 0.2) is 57.4 Å². The molecule has 2 amide bonds. The van der Waals surface area contributed by atoms with Crippen LogP contribution in [0.25, 0.3) is 0 Å². The lowest BCUT2D eigenvalue weighted by Crippen LogP contribution is -2.57. The Morgan fingerprint density at radius 2 is 2.00 bits per heavy atom. The number of halogens is 1. The predicted octanol–water partition coefficient (Wildman–Crippen LogP) is 0.348. The van der Waals surface area contributed by atoms with Crippen molar-refractivity contribution in [2.24, 2.45) is 27.2 Å². The van der Waals surface area contributed by atoms with Crippen LogP contribution in [0, 0.1) is 0 Å². The highest BCUT2D eigenvalue weighted by atomic mass is 35.5. The van der Waals surface area contributed by atoms with Gasteiger partial charge >= 0.3 is 0 Å². The normalized spacial score (nSPS) is 17.5. The summed E-state index contributed by atoms with van der Waals surface area (Å²) in [5.74, 6) is -0.130. The number of benzene rings is 1. The number of nitrogens with two attached hydrogens (primary N) is 3. The first-order chi connectivity index (χ1) is 17.6. The van der Waals surface area contributed by atoms with E-state index < -0.39 is 5.91 Å². The summed E-state index contributed by atoms with van der Waals surface area (Å²) in [4.78, 5) is 35.6. The molecule has 2 heterocycles. The number of ether oxygens (including phenoxy) is 2. The smallest absolute Gasteiger partial charge is 0.261 e. The number of carbonyl (C=O) groups excluding carboxylic acids is 2. The van der Waals surface area contributed by atoms with Crippen LogP contribution in [0.3, 0.4) is 0 Å². The third kappa shape index (κ3) is 7.37. The first-order valence-electron chi connectivity index (χ1n) is 11.7. The Hall–Kier alpha value is -3.77. The molecule has 0 aliphatic carbocycles. The van der Waals surface area contributed by atoms with E-state index in [1.54, 1.807) is 19.2 Å². The maximum absolute atomic E-state index is 13.1. The van der Waals surface area contributed by atoms with Gasteiger partial charge in [-0.3, -0.25) is 19.9 Å². The van der Waals surface area contributed by atoms with E-state index in [2.05, 4.69) is 27.2 Å². The molecule has 0 saturated carbocycles. The maximum atomic E-state index is 13.1. The lowest BCUT2D eigenvalue weighted by molar-refractivity contribution is -0.115. The van der Waals surface area contributed by atoms with Crippen LogP contribution in [-0.2, 0) is 9.53 Å². The number of rotatable bonds is 9. The minimum absolute atomic E-state index is 0.0541. The van der Waals surface area contributed by atoms with Crippen molar-refractivity contribution in [3.63, 3.8) is 0 Å². The van der Waals surface area contributed by atoms with Crippen molar-refractivity contribution >= 4 is 35.2 Å². The second kappa shape index (κ2) is 12.5. The van der Waals surface area contributed by atoms with Gasteiger partial charge in [-0.1, -0.05) is 24.2 Å². The number of carbonyl (C=O) groups is 2. The zero-order chi connectivity index (χ0) is 27.0. The Balaban J connectivity index is 1.51. The molecule has 3 rings (SSSR count). The van der Waals surface area contributed by atoms with Crippen molar-refractivity contribution in [1.29, 1.82) is 0 Å². The standard InChI is InChI=1S/C24H33ClN8O4/c1-15(19(27)30-20(28)18(25)26)21(34)31-23-29-14-24(32-23)7-9-33(10-8-24)22(35)16-5-3-6-17(13-16)37-12-4-11-36-2/h3,5-6,13H,1,4,7-12,14,26,28H2,2H3,(H2,27,30)(H2,29,31,32,34)/b20-18-. The average molecular weight is 533 g/mol. The molecule has 1 aromatic rings. The summed E-state index contributed by atoms with van der Waals surface area (Å²) in [5, 5.41) is 5.68. The fourth-order valence-electron chi connectivity index (χ4n) is 3.90. The Kier molecular flexibility index (Phi) is 9.36. The Bertz CT molecular complexity index is 1120. The molecule has 1 saturated heterocycles. The number of aliphatic imine (C=N–C) groups is 2. The summed E-state index contributed by atoms with van der Waals surface area (Å²) in [7, 11) is 1.65. The second-order valence-corrected chi connectivity index (χ2v) is 9.16. The fraction of sp³-hybridized carbons (Fsp3) is 0.417. The van der Waals surface area contributed by atoms with Crippen molar-refractivity contribution in [1.82, 2.24) is 15.5 Å². The van der Waals surface area contributed by atoms with Crippen molar-refractivity contribution in [3.8, 4) is 5.75 Å². The molecular formula is C24H33ClN8O4. The fourth-order valence-corrected chi connectivity index (χ4v) is 3.94. The van der Waals surface area contributed by atoms with E-state index in [1.807, 2.05) is 17.0 Å². The molecule has 0 atom stereocenters. The molecule has 2 aliphatic heterocycles. The van der Waals surface area contributed by atoms with Crippen molar-refractivity contribution in [3.05, 3.63) is 53.0 Å². The van der Waals surface area contributed by atoms with Gasteiger partial charge in [0, 0.05) is 38.8 Å². The molecule has 0 unspecified atom stereocenters. The molecule has 2 aliphatic rings. The van der Waals surface area contributed by atoms with Gasteiger partial charge in [0.05, 0.1) is 24.3 Å². The molecule has 0 bridgehead atoms. The van der Waals surface area contributed by atoms with Gasteiger partial charge in [-0.15, -0.1) is 0 Å². The minimum Gasteiger partial charge on any atom is -0.493 e. The topological polar surface area (TPSA) is 183 Å². The number of amidine groups is 1. The molecule has 1 fully saturated rings. The van der Waals surface area contributed by atoms with Gasteiger partial charge in [0.15, 0.2) is 11.8 Å². The number of amides is 2. The summed E-state index contributed by atoms with van der Waals surface area (Å²) in [6.45, 7) is 6.31. The first kappa shape index (κ1) is 27.8. The summed E-state index contributed by atoms with van der Waals surface area (Å²) in [6, 6.07) is 7.19. The van der Waals surface area contributed by atoms with Crippen LogP contribution < -0.4 is 32.6 Å². The first-order valence-corrected chi connectivity index (χ1v) is 12.1. The lowest BCUT2D eigenvalue weighted by atomic mass is 9.88. The van der Waals surface area contributed by atoms with E-state index in [4.69, 9.17) is 38.3 Å². The van der Waals surface area contributed by atoms with Crippen LogP contribution in [-0.4, -0.2) is 74.0 Å². The molecule has 13 heteroatoms. The number of nitrogens with one attached hydrogen (secondary N) is 2. The van der Waals surface area contributed by atoms with Gasteiger partial charge in [-0.25, -0.2) is 4.99 Å². The Morgan fingerprint density at radius 1 is 1.27 bits per heavy atom. The number of piperidine rings is 1. The molecule has 1 spiro atoms. The largest absolute Gasteiger partial charge is 0.493 e. The number of nitrogens with zero attached hydrogens (tertiary/aromatic N) is 3. The second-order valence-electron chi connectivity index (χ2n) is 8.75. The zero-order valence-corrected chi connectivity index (χ0v) is 21.5. The molecular weight excluding hydrogens is 500 g/mol. The predicted molar refractivity (Wildman–Crippen MR) is 142 cm³/mol. The van der Waals surface area contributed by atoms with Crippen LogP contribution in [0.1, 0.15) is 29.6 Å². The molecule has 1 aromatic carbocycles. The Labute approximate surface area is 220 Å². The third-order valence-corrected chi connectivity index (χ3v) is 6.27. The third-order valence-electron chi connectivity index (χ3n) is 6.07. The highest BCUT2D eigenvalue weighted by Gasteiger charge is 2.40. The van der Waals surface area contributed by atoms with Gasteiger partial charge in [-0.2, -0.15) is 0 Å². The molecule has 8 N–H and O–H groups in total. The molecule has 37 heavy (non-hydrogen) atoms. The highest BCUT2D eigenvalue weighted by molar-refractivity contribution is 6.29. The van der Waals surface area contributed by atoms with E-state index in [9.17, 15) is 9.59 Å². The number of likely N-dealkylation sites (tertiary alicyclic amines) is 1. The van der Waals surface area contributed by atoms with E-state index >= 15 is 0 Å². The highest BCUT2D eigenvalue weighted by Crippen LogP contribution is 2.27. The van der Waals surface area contributed by atoms with Crippen molar-refractivity contribution in [2.45, 2.75) is 24.8 Å². The van der Waals surface area contributed by atoms with Crippen LogP contribution in [0.2, 0.25) is 0 Å². The quantitative estimate of drug-likeness (QED) is 0.0991. The molecule has 0 aromatic heterocycles. The van der Waals surface area contributed by atoms with Crippen LogP contribution >= 0.6 is 11.6 Å². The van der Waals surface area contributed by atoms with Gasteiger partial charge in [0.25, 0.3) is 11.8 Å². The van der Waals surface area contributed by atoms with E-state index in [0.717, 1.165) is 6.42 Å². The lowest BCUT2D eigenvalue weighted by Gasteiger charge is -2.39. The maximum Gasteiger partial charge on any atom is 0.261 e. The number of methoxy groups -OCH3 is 1. The molecule has 0 radical (unpaired) electrons. The number of guanidine groups is 1. The van der Waals surface area contributed by atoms with E-state index in [1.165, 1.54) is 0 Å². The van der Waals surface area contributed by atoms with E-state index in [0.29, 0.717) is 63.0 Å². The minimum atomic E-state index is -0.595. The summed E-state index contributed by atoms with van der Waals surface area (Å²) >= 11 is 5.55. The zero-order valence-electron chi connectivity index (χ0n) is 20.8. The van der Waals surface area contributed by atoms with Gasteiger partial charge in [-0.05, 0) is 31.0 Å². The van der Waals surface area contributed by atoms with Gasteiger partial charge in [0.2, 0.25) is 0 Å². The summed E-state index contributed by atoms with van der Waals surface area (Å²) < 4.78 is 10.7. The number of hydrogen-bond donors (Lipinski definition) is 5. The summed E-state index contributed by atoms with van der Waals surface area (Å²) in [5.41, 5.74) is 16.7. The SMILES string of the molecule is C=C(C(=O)NC1=NCC2(CCN(C(=O)c3cccc(OCCCOC)c3)CC2)N1)C(N)=N/C(N)=C(\N)Cl. The van der Waals surface area contributed by atoms with Crippen molar-refractivity contribution in [2.75, 3.05) is 40.0 Å². The molecule has 12 nitrogen and oxygen atoms in total. The van der Waals surface area contributed by atoms with Crippen molar-refractivity contribution < 1.29 is 19.1 Å². The Morgan fingerprint density at radius 3 is 2.68 bits per heavy atom. The van der Waals surface area contributed by atoms with Gasteiger partial charge in [0.1, 0.15) is 16.7 Å². The van der Waals surface area contributed by atoms with Crippen LogP contribution in [0.4, 0.5) is 0 Å².